The second-order valence-corrected chi connectivity index (χ2v) is 8.87. The number of amides is 3. The van der Waals surface area contributed by atoms with Gasteiger partial charge in [0.05, 0.1) is 17.9 Å². The number of carbonyl (C=O) groups excluding carboxylic acids is 3. The summed E-state index contributed by atoms with van der Waals surface area (Å²) in [6.45, 7) is 1.78. The van der Waals surface area contributed by atoms with Gasteiger partial charge in [0.25, 0.3) is 0 Å². The van der Waals surface area contributed by atoms with Crippen LogP contribution in [0.2, 0.25) is 5.02 Å². The average Bonchev–Trinajstić information content (AvgIpc) is 3.33. The van der Waals surface area contributed by atoms with Gasteiger partial charge in [0.15, 0.2) is 0 Å². The van der Waals surface area contributed by atoms with E-state index in [4.69, 9.17) is 11.6 Å². The number of imide groups is 1. The topological polar surface area (TPSA) is 98.7 Å². The van der Waals surface area contributed by atoms with Crippen molar-refractivity contribution in [3.8, 4) is 0 Å². The van der Waals surface area contributed by atoms with Gasteiger partial charge in [0, 0.05) is 28.9 Å². The lowest BCUT2D eigenvalue weighted by atomic mass is 9.76. The number of anilines is 1. The first-order valence-electron chi connectivity index (χ1n) is 10.3. The SMILES string of the molecule is CC(O)C1NC2(C(=O)Nc3ccc(Cl)cc32)[C@@H]2C(=O)N(CCc3ccccc3)C(=O)[C@H]12. The molecular weight excluding hydrogens is 418 g/mol. The van der Waals surface area contributed by atoms with Crippen LogP contribution < -0.4 is 10.6 Å². The summed E-state index contributed by atoms with van der Waals surface area (Å²) in [4.78, 5) is 41.4. The third-order valence-corrected chi connectivity index (χ3v) is 6.92. The minimum absolute atomic E-state index is 0.224. The van der Waals surface area contributed by atoms with Crippen LogP contribution in [-0.2, 0) is 26.3 Å². The Balaban J connectivity index is 1.55. The van der Waals surface area contributed by atoms with Crippen LogP contribution in [0, 0.1) is 11.8 Å². The van der Waals surface area contributed by atoms with Crippen LogP contribution in [0.1, 0.15) is 18.1 Å². The number of fused-ring (bicyclic) bond motifs is 4. The van der Waals surface area contributed by atoms with Gasteiger partial charge < -0.3 is 10.4 Å². The first-order chi connectivity index (χ1) is 14.8. The van der Waals surface area contributed by atoms with Gasteiger partial charge in [-0.2, -0.15) is 0 Å². The molecule has 3 amide bonds. The number of aliphatic hydroxyl groups is 1. The van der Waals surface area contributed by atoms with Gasteiger partial charge in [-0.05, 0) is 37.1 Å². The number of benzene rings is 2. The van der Waals surface area contributed by atoms with Crippen molar-refractivity contribution in [1.82, 2.24) is 10.2 Å². The number of carbonyl (C=O) groups is 3. The number of nitrogens with zero attached hydrogens (tertiary/aromatic N) is 1. The molecule has 0 bridgehead atoms. The number of rotatable bonds is 4. The number of halogens is 1. The van der Waals surface area contributed by atoms with Crippen LogP contribution in [0.15, 0.2) is 48.5 Å². The van der Waals surface area contributed by atoms with E-state index in [-0.39, 0.29) is 12.5 Å². The Morgan fingerprint density at radius 1 is 1.13 bits per heavy atom. The van der Waals surface area contributed by atoms with E-state index >= 15 is 0 Å². The number of hydrogen-bond donors (Lipinski definition) is 3. The Morgan fingerprint density at radius 2 is 1.87 bits per heavy atom. The monoisotopic (exact) mass is 439 g/mol. The molecule has 0 radical (unpaired) electrons. The summed E-state index contributed by atoms with van der Waals surface area (Å²) in [5.41, 5.74) is 0.653. The summed E-state index contributed by atoms with van der Waals surface area (Å²) in [6, 6.07) is 13.9. The van der Waals surface area contributed by atoms with E-state index in [0.29, 0.717) is 22.7 Å². The zero-order valence-corrected chi connectivity index (χ0v) is 17.6. The van der Waals surface area contributed by atoms with Gasteiger partial charge in [-0.25, -0.2) is 0 Å². The first-order valence-corrected chi connectivity index (χ1v) is 10.7. The minimum Gasteiger partial charge on any atom is -0.392 e. The molecule has 2 fully saturated rings. The van der Waals surface area contributed by atoms with Crippen molar-refractivity contribution in [3.63, 3.8) is 0 Å². The smallest absolute Gasteiger partial charge is 0.250 e. The van der Waals surface area contributed by atoms with Gasteiger partial charge >= 0.3 is 0 Å². The second-order valence-electron chi connectivity index (χ2n) is 8.43. The van der Waals surface area contributed by atoms with Crippen LogP contribution in [-0.4, -0.2) is 46.4 Å². The fourth-order valence-electron chi connectivity index (χ4n) is 5.28. The van der Waals surface area contributed by atoms with Gasteiger partial charge in [0.2, 0.25) is 17.7 Å². The third kappa shape index (κ3) is 2.84. The lowest BCUT2D eigenvalue weighted by Crippen LogP contribution is -2.55. The molecule has 2 saturated heterocycles. The molecule has 7 nitrogen and oxygen atoms in total. The van der Waals surface area contributed by atoms with Crippen molar-refractivity contribution in [2.24, 2.45) is 11.8 Å². The lowest BCUT2D eigenvalue weighted by Gasteiger charge is -2.30. The molecule has 3 aliphatic heterocycles. The first kappa shape index (κ1) is 20.2. The summed E-state index contributed by atoms with van der Waals surface area (Å²) < 4.78 is 0. The van der Waals surface area contributed by atoms with E-state index in [1.807, 2.05) is 30.3 Å². The quantitative estimate of drug-likeness (QED) is 0.630. The van der Waals surface area contributed by atoms with E-state index < -0.39 is 41.3 Å². The van der Waals surface area contributed by atoms with Crippen molar-refractivity contribution < 1.29 is 19.5 Å². The molecule has 1 spiro atoms. The molecule has 31 heavy (non-hydrogen) atoms. The van der Waals surface area contributed by atoms with Gasteiger partial charge in [-0.3, -0.25) is 24.6 Å². The molecular formula is C23H22ClN3O4. The minimum atomic E-state index is -1.44. The maximum absolute atomic E-state index is 13.6. The number of nitrogens with one attached hydrogen (secondary N) is 2. The second kappa shape index (κ2) is 7.15. The molecule has 2 aromatic carbocycles. The molecule has 5 atom stereocenters. The van der Waals surface area contributed by atoms with Gasteiger partial charge in [-0.15, -0.1) is 0 Å². The van der Waals surface area contributed by atoms with Crippen LogP contribution in [0.5, 0.6) is 0 Å². The third-order valence-electron chi connectivity index (χ3n) is 6.69. The number of likely N-dealkylation sites (tertiary alicyclic amines) is 1. The summed E-state index contributed by atoms with van der Waals surface area (Å²) in [5.74, 6) is -2.95. The Bertz CT molecular complexity index is 1090. The molecule has 5 rings (SSSR count). The molecule has 3 aliphatic rings. The molecule has 3 unspecified atom stereocenters. The Morgan fingerprint density at radius 3 is 2.58 bits per heavy atom. The largest absolute Gasteiger partial charge is 0.392 e. The molecule has 3 N–H and O–H groups in total. The maximum atomic E-state index is 13.6. The van der Waals surface area contributed by atoms with Crippen molar-refractivity contribution in [2.75, 3.05) is 11.9 Å². The summed E-state index contributed by atoms with van der Waals surface area (Å²) in [6.07, 6.45) is -0.416. The van der Waals surface area contributed by atoms with E-state index in [0.717, 1.165) is 5.56 Å². The zero-order valence-electron chi connectivity index (χ0n) is 16.8. The molecule has 160 valence electrons. The van der Waals surface area contributed by atoms with E-state index in [1.165, 1.54) is 4.90 Å². The highest BCUT2D eigenvalue weighted by Gasteiger charge is 2.71. The van der Waals surface area contributed by atoms with E-state index in [9.17, 15) is 19.5 Å². The fraction of sp³-hybridized carbons (Fsp3) is 0.348. The Kier molecular flexibility index (Phi) is 4.66. The molecule has 3 heterocycles. The van der Waals surface area contributed by atoms with Crippen LogP contribution in [0.3, 0.4) is 0 Å². The Hall–Kier alpha value is -2.74. The molecule has 0 aromatic heterocycles. The van der Waals surface area contributed by atoms with E-state index in [2.05, 4.69) is 10.6 Å². The van der Waals surface area contributed by atoms with Crippen LogP contribution in [0.4, 0.5) is 5.69 Å². The van der Waals surface area contributed by atoms with Crippen molar-refractivity contribution in [2.45, 2.75) is 31.0 Å². The summed E-state index contributed by atoms with van der Waals surface area (Å²) >= 11 is 6.21. The molecule has 0 aliphatic carbocycles. The summed E-state index contributed by atoms with van der Waals surface area (Å²) in [7, 11) is 0. The lowest BCUT2D eigenvalue weighted by molar-refractivity contribution is -0.143. The summed E-state index contributed by atoms with van der Waals surface area (Å²) in [5, 5.41) is 16.8. The predicted octanol–water partition coefficient (Wildman–Crippen LogP) is 1.68. The molecule has 0 saturated carbocycles. The highest BCUT2D eigenvalue weighted by molar-refractivity contribution is 6.31. The van der Waals surface area contributed by atoms with Gasteiger partial charge in [-0.1, -0.05) is 41.9 Å². The van der Waals surface area contributed by atoms with E-state index in [1.54, 1.807) is 25.1 Å². The molecule has 2 aromatic rings. The average molecular weight is 440 g/mol. The van der Waals surface area contributed by atoms with Crippen LogP contribution in [0.25, 0.3) is 0 Å². The fourth-order valence-corrected chi connectivity index (χ4v) is 5.46. The van der Waals surface area contributed by atoms with Crippen molar-refractivity contribution >= 4 is 35.0 Å². The highest BCUT2D eigenvalue weighted by Crippen LogP contribution is 2.53. The normalized spacial score (nSPS) is 30.0. The standard InChI is InChI=1S/C23H22ClN3O4/c1-12(28)19-17-18(21(30)27(20(17)29)10-9-13-5-3-2-4-6-13)23(26-19)15-11-14(24)7-8-16(15)25-22(23)31/h2-8,11-12,17-19,26,28H,9-10H2,1H3,(H,25,31)/t12?,17-,18-,19?,23?/m0/s1. The maximum Gasteiger partial charge on any atom is 0.250 e. The van der Waals surface area contributed by atoms with Crippen molar-refractivity contribution in [3.05, 3.63) is 64.7 Å². The van der Waals surface area contributed by atoms with Crippen LogP contribution >= 0.6 is 11.6 Å². The number of aliphatic hydroxyl groups excluding tert-OH is 1. The molecule has 8 heteroatoms. The van der Waals surface area contributed by atoms with Gasteiger partial charge in [0.1, 0.15) is 5.54 Å². The van der Waals surface area contributed by atoms with Crippen molar-refractivity contribution in [1.29, 1.82) is 0 Å². The zero-order chi connectivity index (χ0) is 21.9. The predicted molar refractivity (Wildman–Crippen MR) is 114 cm³/mol. The number of hydrogen-bond acceptors (Lipinski definition) is 5. The highest BCUT2D eigenvalue weighted by atomic mass is 35.5. The Labute approximate surface area is 184 Å².